The van der Waals surface area contributed by atoms with Crippen LogP contribution in [0.3, 0.4) is 0 Å². The summed E-state index contributed by atoms with van der Waals surface area (Å²) in [7, 11) is 3.31. The molecule has 0 N–H and O–H groups in total. The first-order chi connectivity index (χ1) is 9.31. The van der Waals surface area contributed by atoms with Gasteiger partial charge in [-0.2, -0.15) is 0 Å². The number of para-hydroxylation sites is 1. The van der Waals surface area contributed by atoms with Gasteiger partial charge in [-0.1, -0.05) is 30.3 Å². The topological polar surface area (TPSA) is 27.7 Å². The Morgan fingerprint density at radius 2 is 1.63 bits per heavy atom. The molecule has 0 radical (unpaired) electrons. The van der Waals surface area contributed by atoms with Crippen LogP contribution in [-0.4, -0.2) is 20.5 Å². The first kappa shape index (κ1) is 13.4. The highest BCUT2D eigenvalue weighted by molar-refractivity contribution is 5.29. The van der Waals surface area contributed by atoms with Gasteiger partial charge in [0.1, 0.15) is 11.5 Å². The molecule has 0 saturated heterocycles. The molecule has 0 spiro atoms. The van der Waals surface area contributed by atoms with Gasteiger partial charge in [-0.05, 0) is 29.8 Å². The van der Waals surface area contributed by atoms with Crippen LogP contribution in [0, 0.1) is 0 Å². The van der Waals surface area contributed by atoms with E-state index in [-0.39, 0.29) is 6.29 Å². The van der Waals surface area contributed by atoms with E-state index in [1.807, 2.05) is 54.6 Å². The van der Waals surface area contributed by atoms with Crippen LogP contribution in [0.5, 0.6) is 11.5 Å². The Kier molecular flexibility index (Phi) is 4.81. The molecule has 2 aromatic carbocycles. The highest BCUT2D eigenvalue weighted by atomic mass is 16.7. The third kappa shape index (κ3) is 4.00. The second-order valence-corrected chi connectivity index (χ2v) is 4.15. The Morgan fingerprint density at radius 3 is 2.32 bits per heavy atom. The van der Waals surface area contributed by atoms with Gasteiger partial charge in [-0.3, -0.25) is 0 Å². The summed E-state index contributed by atoms with van der Waals surface area (Å²) in [5, 5.41) is 0. The molecule has 19 heavy (non-hydrogen) atoms. The van der Waals surface area contributed by atoms with Gasteiger partial charge in [0.05, 0.1) is 7.11 Å². The molecular formula is C16H18O3. The maximum atomic E-state index is 5.78. The molecule has 3 heteroatoms. The van der Waals surface area contributed by atoms with Crippen LogP contribution in [0.15, 0.2) is 54.6 Å². The smallest absolute Gasteiger partial charge is 0.203 e. The van der Waals surface area contributed by atoms with Gasteiger partial charge in [0.15, 0.2) is 0 Å². The first-order valence-corrected chi connectivity index (χ1v) is 6.19. The Labute approximate surface area is 113 Å². The molecule has 0 saturated carbocycles. The molecule has 0 aromatic heterocycles. The van der Waals surface area contributed by atoms with Crippen molar-refractivity contribution in [3.05, 3.63) is 60.2 Å². The van der Waals surface area contributed by atoms with Gasteiger partial charge >= 0.3 is 0 Å². The van der Waals surface area contributed by atoms with Crippen molar-refractivity contribution in [1.29, 1.82) is 0 Å². The Balaban J connectivity index is 2.02. The molecular weight excluding hydrogens is 240 g/mol. The average Bonchev–Trinajstić information content (AvgIpc) is 2.48. The second-order valence-electron chi connectivity index (χ2n) is 4.15. The van der Waals surface area contributed by atoms with Crippen molar-refractivity contribution in [3.8, 4) is 11.5 Å². The van der Waals surface area contributed by atoms with E-state index >= 15 is 0 Å². The summed E-state index contributed by atoms with van der Waals surface area (Å²) in [6, 6.07) is 17.6. The van der Waals surface area contributed by atoms with Crippen LogP contribution in [0.2, 0.25) is 0 Å². The molecule has 0 bridgehead atoms. The molecule has 0 fully saturated rings. The number of methoxy groups -OCH3 is 2. The van der Waals surface area contributed by atoms with E-state index in [0.717, 1.165) is 17.1 Å². The van der Waals surface area contributed by atoms with Crippen molar-refractivity contribution in [2.45, 2.75) is 12.7 Å². The second kappa shape index (κ2) is 6.81. The van der Waals surface area contributed by atoms with Crippen molar-refractivity contribution in [2.75, 3.05) is 14.2 Å². The fraction of sp³-hybridized carbons (Fsp3) is 0.250. The number of ether oxygens (including phenoxy) is 3. The lowest BCUT2D eigenvalue weighted by molar-refractivity contribution is -0.0519. The first-order valence-electron chi connectivity index (χ1n) is 6.19. The predicted molar refractivity (Wildman–Crippen MR) is 74.6 cm³/mol. The molecule has 2 rings (SSSR count). The van der Waals surface area contributed by atoms with Gasteiger partial charge in [0.2, 0.25) is 6.29 Å². The summed E-state index contributed by atoms with van der Waals surface area (Å²) in [5.41, 5.74) is 1.11. The maximum Gasteiger partial charge on any atom is 0.203 e. The largest absolute Gasteiger partial charge is 0.497 e. The lowest BCUT2D eigenvalue weighted by Gasteiger charge is -2.17. The van der Waals surface area contributed by atoms with Crippen LogP contribution in [0.25, 0.3) is 0 Å². The van der Waals surface area contributed by atoms with Crippen molar-refractivity contribution in [1.82, 2.24) is 0 Å². The van der Waals surface area contributed by atoms with Crippen LogP contribution in [-0.2, 0) is 11.2 Å². The molecule has 3 nitrogen and oxygen atoms in total. The summed E-state index contributed by atoms with van der Waals surface area (Å²) in [6.07, 6.45) is 0.359. The van der Waals surface area contributed by atoms with Crippen LogP contribution >= 0.6 is 0 Å². The van der Waals surface area contributed by atoms with Crippen LogP contribution in [0.4, 0.5) is 0 Å². The van der Waals surface area contributed by atoms with E-state index < -0.39 is 0 Å². The molecule has 0 aliphatic carbocycles. The van der Waals surface area contributed by atoms with E-state index in [4.69, 9.17) is 14.2 Å². The molecule has 0 aliphatic rings. The zero-order valence-corrected chi connectivity index (χ0v) is 11.2. The van der Waals surface area contributed by atoms with Gasteiger partial charge in [0, 0.05) is 13.5 Å². The molecule has 0 amide bonds. The van der Waals surface area contributed by atoms with Gasteiger partial charge in [0.25, 0.3) is 0 Å². The maximum absolute atomic E-state index is 5.78. The van der Waals surface area contributed by atoms with E-state index in [1.54, 1.807) is 14.2 Å². The Hall–Kier alpha value is -2.00. The SMILES string of the molecule is COc1cccc(CC(OC)Oc2ccccc2)c1. The lowest BCUT2D eigenvalue weighted by atomic mass is 10.1. The van der Waals surface area contributed by atoms with E-state index in [1.165, 1.54) is 0 Å². The Morgan fingerprint density at radius 1 is 0.895 bits per heavy atom. The van der Waals surface area contributed by atoms with Crippen molar-refractivity contribution < 1.29 is 14.2 Å². The summed E-state index contributed by atoms with van der Waals surface area (Å²) < 4.78 is 16.4. The fourth-order valence-electron chi connectivity index (χ4n) is 1.82. The van der Waals surface area contributed by atoms with Crippen molar-refractivity contribution in [2.24, 2.45) is 0 Å². The van der Waals surface area contributed by atoms with E-state index in [0.29, 0.717) is 6.42 Å². The van der Waals surface area contributed by atoms with Crippen molar-refractivity contribution >= 4 is 0 Å². The molecule has 100 valence electrons. The summed E-state index contributed by atoms with van der Waals surface area (Å²) in [4.78, 5) is 0. The molecule has 1 atom stereocenters. The van der Waals surface area contributed by atoms with Crippen LogP contribution in [0.1, 0.15) is 5.56 Å². The zero-order valence-electron chi connectivity index (χ0n) is 11.2. The molecule has 1 unspecified atom stereocenters. The monoisotopic (exact) mass is 258 g/mol. The summed E-state index contributed by atoms with van der Waals surface area (Å²) in [5.74, 6) is 1.64. The van der Waals surface area contributed by atoms with Crippen LogP contribution < -0.4 is 9.47 Å². The number of benzene rings is 2. The highest BCUT2D eigenvalue weighted by Gasteiger charge is 2.10. The normalized spacial score (nSPS) is 11.9. The summed E-state index contributed by atoms with van der Waals surface area (Å²) in [6.45, 7) is 0. The van der Waals surface area contributed by atoms with Crippen molar-refractivity contribution in [3.63, 3.8) is 0 Å². The number of hydrogen-bond donors (Lipinski definition) is 0. The highest BCUT2D eigenvalue weighted by Crippen LogP contribution is 2.17. The average molecular weight is 258 g/mol. The van der Waals surface area contributed by atoms with Gasteiger partial charge in [-0.15, -0.1) is 0 Å². The van der Waals surface area contributed by atoms with E-state index in [9.17, 15) is 0 Å². The minimum absolute atomic E-state index is 0.311. The summed E-state index contributed by atoms with van der Waals surface area (Å²) >= 11 is 0. The third-order valence-electron chi connectivity index (χ3n) is 2.81. The zero-order chi connectivity index (χ0) is 13.5. The molecule has 0 heterocycles. The van der Waals surface area contributed by atoms with E-state index in [2.05, 4.69) is 0 Å². The predicted octanol–water partition coefficient (Wildman–Crippen LogP) is 3.29. The van der Waals surface area contributed by atoms with Gasteiger partial charge in [-0.25, -0.2) is 0 Å². The molecule has 2 aromatic rings. The standard InChI is InChI=1S/C16H18O3/c1-17-15-10-6-7-13(11-15)12-16(18-2)19-14-8-4-3-5-9-14/h3-11,16H,12H2,1-2H3. The quantitative estimate of drug-likeness (QED) is 0.744. The fourth-order valence-corrected chi connectivity index (χ4v) is 1.82. The Bertz CT molecular complexity index is 496. The van der Waals surface area contributed by atoms with Gasteiger partial charge < -0.3 is 14.2 Å². The third-order valence-corrected chi connectivity index (χ3v) is 2.81. The molecule has 0 aliphatic heterocycles. The lowest BCUT2D eigenvalue weighted by Crippen LogP contribution is -2.21. The number of hydrogen-bond acceptors (Lipinski definition) is 3. The number of rotatable bonds is 6. The minimum atomic E-state index is -0.311. The minimum Gasteiger partial charge on any atom is -0.497 e.